The molecule has 3 rings (SSSR count). The number of esters is 1. The van der Waals surface area contributed by atoms with E-state index in [4.69, 9.17) is 9.47 Å². The summed E-state index contributed by atoms with van der Waals surface area (Å²) in [4.78, 5) is 25.2. The van der Waals surface area contributed by atoms with Gasteiger partial charge in [0.15, 0.2) is 0 Å². The fourth-order valence-electron chi connectivity index (χ4n) is 3.50. The van der Waals surface area contributed by atoms with Crippen molar-refractivity contribution in [3.8, 4) is 5.75 Å². The molecule has 2 N–H and O–H groups in total. The molecular formula is C22H31NO5. The van der Waals surface area contributed by atoms with Crippen LogP contribution in [0.15, 0.2) is 24.3 Å². The maximum Gasteiger partial charge on any atom is 0.408 e. The molecule has 0 saturated heterocycles. The summed E-state index contributed by atoms with van der Waals surface area (Å²) in [5, 5.41) is 12.2. The van der Waals surface area contributed by atoms with Crippen molar-refractivity contribution in [2.45, 2.75) is 77.0 Å². The lowest BCUT2D eigenvalue weighted by molar-refractivity contribution is -0.157. The van der Waals surface area contributed by atoms with Gasteiger partial charge in [0.25, 0.3) is 0 Å². The van der Waals surface area contributed by atoms with Crippen LogP contribution in [-0.2, 0) is 20.7 Å². The molecule has 2 fully saturated rings. The first-order chi connectivity index (χ1) is 13.2. The van der Waals surface area contributed by atoms with Crippen LogP contribution in [0.3, 0.4) is 0 Å². The summed E-state index contributed by atoms with van der Waals surface area (Å²) in [7, 11) is 0. The molecule has 2 aliphatic rings. The highest BCUT2D eigenvalue weighted by Gasteiger charge is 2.42. The molecule has 6 nitrogen and oxygen atoms in total. The second-order valence-electron chi connectivity index (χ2n) is 9.00. The average Bonchev–Trinajstić information content (AvgIpc) is 3.37. The monoisotopic (exact) mass is 389 g/mol. The highest BCUT2D eigenvalue weighted by Crippen LogP contribution is 2.44. The molecule has 0 radical (unpaired) electrons. The molecule has 154 valence electrons. The second-order valence-corrected chi connectivity index (χ2v) is 9.00. The lowest BCUT2D eigenvalue weighted by Crippen LogP contribution is -2.47. The lowest BCUT2D eigenvalue weighted by Gasteiger charge is -2.34. The Morgan fingerprint density at radius 3 is 2.21 bits per heavy atom. The number of nitrogens with one attached hydrogen (secondary N) is 1. The Kier molecular flexibility index (Phi) is 6.16. The van der Waals surface area contributed by atoms with Gasteiger partial charge in [-0.3, -0.25) is 0 Å². The number of amides is 1. The van der Waals surface area contributed by atoms with E-state index in [0.717, 1.165) is 31.2 Å². The first kappa shape index (κ1) is 20.5. The first-order valence-corrected chi connectivity index (χ1v) is 10.2. The number of phenols is 1. The Morgan fingerprint density at radius 2 is 1.71 bits per heavy atom. The quantitative estimate of drug-likeness (QED) is 0.690. The van der Waals surface area contributed by atoms with Gasteiger partial charge >= 0.3 is 12.1 Å². The van der Waals surface area contributed by atoms with Gasteiger partial charge in [-0.05, 0) is 76.0 Å². The molecule has 2 atom stereocenters. The molecule has 0 aromatic heterocycles. The van der Waals surface area contributed by atoms with E-state index in [9.17, 15) is 14.7 Å². The zero-order valence-corrected chi connectivity index (χ0v) is 16.9. The summed E-state index contributed by atoms with van der Waals surface area (Å²) < 4.78 is 11.2. The topological polar surface area (TPSA) is 84.9 Å². The van der Waals surface area contributed by atoms with Gasteiger partial charge in [0.2, 0.25) is 0 Å². The van der Waals surface area contributed by atoms with Gasteiger partial charge in [-0.25, -0.2) is 9.59 Å². The molecule has 1 amide bonds. The third-order valence-corrected chi connectivity index (χ3v) is 5.30. The maximum atomic E-state index is 13.0. The van der Waals surface area contributed by atoms with E-state index in [0.29, 0.717) is 11.8 Å². The number of aromatic hydroxyl groups is 1. The van der Waals surface area contributed by atoms with Gasteiger partial charge in [0.1, 0.15) is 23.5 Å². The minimum Gasteiger partial charge on any atom is -0.508 e. The van der Waals surface area contributed by atoms with Crippen molar-refractivity contribution < 1.29 is 24.2 Å². The smallest absolute Gasteiger partial charge is 0.408 e. The fraction of sp³-hybridized carbons (Fsp3) is 0.636. The number of ether oxygens (including phenoxy) is 2. The molecular weight excluding hydrogens is 358 g/mol. The Labute approximate surface area is 166 Å². The molecule has 28 heavy (non-hydrogen) atoms. The predicted octanol–water partition coefficient (Wildman–Crippen LogP) is 3.95. The van der Waals surface area contributed by atoms with Crippen LogP contribution >= 0.6 is 0 Å². The van der Waals surface area contributed by atoms with E-state index in [2.05, 4.69) is 5.32 Å². The lowest BCUT2D eigenvalue weighted by atomic mass is 9.79. The van der Waals surface area contributed by atoms with Crippen molar-refractivity contribution in [1.82, 2.24) is 5.32 Å². The van der Waals surface area contributed by atoms with Crippen LogP contribution in [0.5, 0.6) is 5.75 Å². The summed E-state index contributed by atoms with van der Waals surface area (Å²) in [6, 6.07) is 5.76. The molecule has 0 bridgehead atoms. The Balaban J connectivity index is 1.68. The zero-order chi connectivity index (χ0) is 20.3. The highest BCUT2D eigenvalue weighted by molar-refractivity contribution is 5.82. The number of benzene rings is 1. The van der Waals surface area contributed by atoms with Crippen molar-refractivity contribution in [2.75, 3.05) is 0 Å². The largest absolute Gasteiger partial charge is 0.508 e. The first-order valence-electron chi connectivity index (χ1n) is 10.2. The molecule has 2 unspecified atom stereocenters. The standard InChI is InChI=1S/C22H31NO5/c1-22(2,3)28-21(26)23-18(13-14-7-11-17(24)12-8-14)20(25)27-19(16-9-10-16)15-5-4-6-15/h7-8,11-12,15-16,18-19,24H,4-6,9-10,13H2,1-3H3,(H,23,26). The number of carbonyl (C=O) groups is 2. The summed E-state index contributed by atoms with van der Waals surface area (Å²) in [6.07, 6.45) is 5.23. The summed E-state index contributed by atoms with van der Waals surface area (Å²) >= 11 is 0. The van der Waals surface area contributed by atoms with Crippen LogP contribution in [0.1, 0.15) is 58.4 Å². The molecule has 6 heteroatoms. The zero-order valence-electron chi connectivity index (χ0n) is 16.9. The van der Waals surface area contributed by atoms with E-state index in [1.54, 1.807) is 45.0 Å². The molecule has 1 aromatic carbocycles. The Morgan fingerprint density at radius 1 is 1.11 bits per heavy atom. The van der Waals surface area contributed by atoms with E-state index in [1.807, 2.05) is 0 Å². The van der Waals surface area contributed by atoms with E-state index in [1.165, 1.54) is 6.42 Å². The fourth-order valence-corrected chi connectivity index (χ4v) is 3.50. The van der Waals surface area contributed by atoms with Crippen LogP contribution in [0.4, 0.5) is 4.79 Å². The van der Waals surface area contributed by atoms with Gasteiger partial charge in [-0.15, -0.1) is 0 Å². The second kappa shape index (κ2) is 8.41. The van der Waals surface area contributed by atoms with Crippen LogP contribution in [0, 0.1) is 11.8 Å². The van der Waals surface area contributed by atoms with Crippen molar-refractivity contribution in [3.05, 3.63) is 29.8 Å². The van der Waals surface area contributed by atoms with Gasteiger partial charge in [0, 0.05) is 6.42 Å². The van der Waals surface area contributed by atoms with Crippen LogP contribution < -0.4 is 5.32 Å². The van der Waals surface area contributed by atoms with Gasteiger partial charge in [-0.1, -0.05) is 18.6 Å². The maximum absolute atomic E-state index is 13.0. The van der Waals surface area contributed by atoms with Crippen LogP contribution in [0.2, 0.25) is 0 Å². The summed E-state index contributed by atoms with van der Waals surface area (Å²) in [5.41, 5.74) is 0.168. The molecule has 2 saturated carbocycles. The number of phenolic OH excluding ortho intramolecular Hbond substituents is 1. The van der Waals surface area contributed by atoms with Gasteiger partial charge in [0.05, 0.1) is 0 Å². The number of hydrogen-bond donors (Lipinski definition) is 2. The van der Waals surface area contributed by atoms with Crippen LogP contribution in [0.25, 0.3) is 0 Å². The van der Waals surface area contributed by atoms with E-state index < -0.39 is 23.7 Å². The molecule has 2 aliphatic carbocycles. The number of carbonyl (C=O) groups excluding carboxylic acids is 2. The normalized spacial score (nSPS) is 19.2. The van der Waals surface area contributed by atoms with Gasteiger partial charge in [-0.2, -0.15) is 0 Å². The molecule has 0 spiro atoms. The average molecular weight is 389 g/mol. The Hall–Kier alpha value is -2.24. The third kappa shape index (κ3) is 5.88. The highest BCUT2D eigenvalue weighted by atomic mass is 16.6. The Bertz CT molecular complexity index is 686. The summed E-state index contributed by atoms with van der Waals surface area (Å²) in [6.45, 7) is 5.33. The van der Waals surface area contributed by atoms with E-state index in [-0.39, 0.29) is 18.3 Å². The molecule has 0 aliphatic heterocycles. The third-order valence-electron chi connectivity index (χ3n) is 5.30. The van der Waals surface area contributed by atoms with Crippen molar-refractivity contribution in [1.29, 1.82) is 0 Å². The number of alkyl carbamates (subject to hydrolysis) is 1. The van der Waals surface area contributed by atoms with Crippen molar-refractivity contribution in [3.63, 3.8) is 0 Å². The predicted molar refractivity (Wildman–Crippen MR) is 105 cm³/mol. The van der Waals surface area contributed by atoms with Crippen molar-refractivity contribution in [2.24, 2.45) is 11.8 Å². The number of rotatable bonds is 7. The molecule has 0 heterocycles. The minimum absolute atomic E-state index is 0.0380. The van der Waals surface area contributed by atoms with E-state index >= 15 is 0 Å². The number of hydrogen-bond acceptors (Lipinski definition) is 5. The SMILES string of the molecule is CC(C)(C)OC(=O)NC(Cc1ccc(O)cc1)C(=O)OC(C1CCC1)C1CC1. The van der Waals surface area contributed by atoms with Crippen LogP contribution in [-0.4, -0.2) is 34.9 Å². The minimum atomic E-state index is -0.833. The summed E-state index contributed by atoms with van der Waals surface area (Å²) in [5.74, 6) is 0.655. The molecule has 1 aromatic rings. The van der Waals surface area contributed by atoms with Crippen molar-refractivity contribution >= 4 is 12.1 Å². The van der Waals surface area contributed by atoms with Gasteiger partial charge < -0.3 is 19.9 Å².